The predicted octanol–water partition coefficient (Wildman–Crippen LogP) is 1.48. The van der Waals surface area contributed by atoms with Gasteiger partial charge in [0.1, 0.15) is 5.69 Å². The predicted molar refractivity (Wildman–Crippen MR) is 50.8 cm³/mol. The van der Waals surface area contributed by atoms with E-state index in [4.69, 9.17) is 4.74 Å². The van der Waals surface area contributed by atoms with E-state index in [0.717, 1.165) is 10.2 Å². The van der Waals surface area contributed by atoms with Crippen molar-refractivity contribution in [1.29, 1.82) is 0 Å². The maximum absolute atomic E-state index is 10.9. The summed E-state index contributed by atoms with van der Waals surface area (Å²) in [5.41, 5.74) is 1.46. The minimum Gasteiger partial charge on any atom is -0.466 e. The summed E-state index contributed by atoms with van der Waals surface area (Å²) in [6, 6.07) is 1.79. The van der Waals surface area contributed by atoms with Crippen LogP contribution in [0.2, 0.25) is 0 Å². The molecule has 2 rings (SSSR count). The maximum atomic E-state index is 10.9. The molecule has 2 heterocycles. The zero-order valence-corrected chi connectivity index (χ0v) is 8.51. The Labute approximate surface area is 83.4 Å². The van der Waals surface area contributed by atoms with Crippen molar-refractivity contribution < 1.29 is 9.53 Å². The van der Waals surface area contributed by atoms with Crippen molar-refractivity contribution in [2.75, 3.05) is 11.9 Å². The molecule has 0 atom stereocenters. The summed E-state index contributed by atoms with van der Waals surface area (Å²) < 4.78 is 5.99. The molecular weight excluding hydrogens is 236 g/mol. The number of anilines is 1. The Balaban J connectivity index is 2.49. The van der Waals surface area contributed by atoms with Gasteiger partial charge in [-0.3, -0.25) is 4.79 Å². The van der Waals surface area contributed by atoms with Gasteiger partial charge in [0.25, 0.3) is 5.91 Å². The minimum atomic E-state index is -0.148. The summed E-state index contributed by atoms with van der Waals surface area (Å²) in [7, 11) is 0. The van der Waals surface area contributed by atoms with Crippen LogP contribution in [0.3, 0.4) is 0 Å². The van der Waals surface area contributed by atoms with Crippen LogP contribution in [0.1, 0.15) is 5.69 Å². The van der Waals surface area contributed by atoms with E-state index in [0.29, 0.717) is 11.6 Å². The molecule has 5 heteroatoms. The van der Waals surface area contributed by atoms with Gasteiger partial charge in [-0.25, -0.2) is 4.98 Å². The summed E-state index contributed by atoms with van der Waals surface area (Å²) in [5, 5.41) is 2.67. The average molecular weight is 243 g/mol. The van der Waals surface area contributed by atoms with E-state index in [9.17, 15) is 4.79 Å². The van der Waals surface area contributed by atoms with E-state index < -0.39 is 0 Å². The van der Waals surface area contributed by atoms with Crippen molar-refractivity contribution in [1.82, 2.24) is 4.98 Å². The molecular formula is C8H7BrN2O2. The number of hydrogen-bond donors (Lipinski definition) is 1. The largest absolute Gasteiger partial charge is 0.466 e. The standard InChI is InChI=1S/C8H7BrN2O2/c1-4-5(9)2-6-8(10-4)13-3-7(12)11-6/h2H,3H2,1H3,(H,11,12). The minimum absolute atomic E-state index is 0.0427. The molecule has 0 fully saturated rings. The molecule has 0 bridgehead atoms. The van der Waals surface area contributed by atoms with Crippen LogP contribution in [0.15, 0.2) is 10.5 Å². The van der Waals surface area contributed by atoms with Gasteiger partial charge in [-0.15, -0.1) is 0 Å². The summed E-state index contributed by atoms with van der Waals surface area (Å²) >= 11 is 3.32. The van der Waals surface area contributed by atoms with Crippen molar-refractivity contribution in [3.8, 4) is 5.88 Å². The van der Waals surface area contributed by atoms with Crippen molar-refractivity contribution in [2.24, 2.45) is 0 Å². The highest BCUT2D eigenvalue weighted by Gasteiger charge is 2.18. The van der Waals surface area contributed by atoms with E-state index in [2.05, 4.69) is 26.2 Å². The summed E-state index contributed by atoms with van der Waals surface area (Å²) in [6.07, 6.45) is 0. The fourth-order valence-electron chi connectivity index (χ4n) is 1.08. The second kappa shape index (κ2) is 2.99. The molecule has 1 aliphatic rings. The van der Waals surface area contributed by atoms with Crippen molar-refractivity contribution in [3.05, 3.63) is 16.2 Å². The molecule has 0 aromatic carbocycles. The number of nitrogens with one attached hydrogen (secondary N) is 1. The van der Waals surface area contributed by atoms with Crippen LogP contribution >= 0.6 is 15.9 Å². The Morgan fingerprint density at radius 3 is 3.23 bits per heavy atom. The molecule has 68 valence electrons. The smallest absolute Gasteiger partial charge is 0.262 e. The third kappa shape index (κ3) is 1.51. The van der Waals surface area contributed by atoms with E-state index >= 15 is 0 Å². The van der Waals surface area contributed by atoms with Crippen LogP contribution < -0.4 is 10.1 Å². The Morgan fingerprint density at radius 1 is 1.69 bits per heavy atom. The SMILES string of the molecule is Cc1nc2c(cc1Br)NC(=O)CO2. The molecule has 0 unspecified atom stereocenters. The molecule has 1 amide bonds. The third-order valence-corrected chi connectivity index (χ3v) is 2.53. The van der Waals surface area contributed by atoms with Crippen LogP contribution in [-0.2, 0) is 4.79 Å². The topological polar surface area (TPSA) is 51.2 Å². The number of aryl methyl sites for hydroxylation is 1. The number of rotatable bonds is 0. The van der Waals surface area contributed by atoms with E-state index in [1.165, 1.54) is 0 Å². The molecule has 0 saturated heterocycles. The molecule has 1 aromatic heterocycles. The van der Waals surface area contributed by atoms with Gasteiger partial charge in [0.2, 0.25) is 5.88 Å². The molecule has 0 radical (unpaired) electrons. The molecule has 1 aromatic rings. The first-order chi connectivity index (χ1) is 6.16. The quantitative estimate of drug-likeness (QED) is 0.750. The van der Waals surface area contributed by atoms with Crippen LogP contribution in [-0.4, -0.2) is 17.5 Å². The lowest BCUT2D eigenvalue weighted by Gasteiger charge is -2.17. The number of carbonyl (C=O) groups excluding carboxylic acids is 1. The van der Waals surface area contributed by atoms with Gasteiger partial charge in [-0.2, -0.15) is 0 Å². The molecule has 1 aliphatic heterocycles. The summed E-state index contributed by atoms with van der Waals surface area (Å²) in [4.78, 5) is 15.1. The number of amides is 1. The fraction of sp³-hybridized carbons (Fsp3) is 0.250. The second-order valence-electron chi connectivity index (χ2n) is 2.75. The zero-order valence-electron chi connectivity index (χ0n) is 6.93. The Kier molecular flexibility index (Phi) is 1.95. The van der Waals surface area contributed by atoms with Gasteiger partial charge in [0.05, 0.1) is 5.69 Å². The van der Waals surface area contributed by atoms with E-state index in [-0.39, 0.29) is 12.5 Å². The lowest BCUT2D eigenvalue weighted by Crippen LogP contribution is -2.26. The van der Waals surface area contributed by atoms with E-state index in [1.807, 2.05) is 6.92 Å². The Bertz CT molecular complexity index is 379. The van der Waals surface area contributed by atoms with Crippen LogP contribution in [0.25, 0.3) is 0 Å². The average Bonchev–Trinajstić information content (AvgIpc) is 2.08. The maximum Gasteiger partial charge on any atom is 0.262 e. The zero-order chi connectivity index (χ0) is 9.42. The van der Waals surface area contributed by atoms with Gasteiger partial charge in [-0.05, 0) is 28.9 Å². The van der Waals surface area contributed by atoms with Gasteiger partial charge in [-0.1, -0.05) is 0 Å². The number of nitrogens with zero attached hydrogens (tertiary/aromatic N) is 1. The van der Waals surface area contributed by atoms with Gasteiger partial charge in [0.15, 0.2) is 6.61 Å². The molecule has 0 spiro atoms. The van der Waals surface area contributed by atoms with Crippen LogP contribution in [0.4, 0.5) is 5.69 Å². The first kappa shape index (κ1) is 8.50. The normalized spacial score (nSPS) is 14.5. The first-order valence-electron chi connectivity index (χ1n) is 3.76. The number of fused-ring (bicyclic) bond motifs is 1. The number of ether oxygens (including phenoxy) is 1. The number of pyridine rings is 1. The molecule has 0 aliphatic carbocycles. The van der Waals surface area contributed by atoms with Crippen molar-refractivity contribution in [2.45, 2.75) is 6.92 Å². The number of aromatic nitrogens is 1. The van der Waals surface area contributed by atoms with Crippen LogP contribution in [0, 0.1) is 6.92 Å². The molecule has 13 heavy (non-hydrogen) atoms. The highest BCUT2D eigenvalue weighted by atomic mass is 79.9. The lowest BCUT2D eigenvalue weighted by atomic mass is 10.3. The molecule has 4 nitrogen and oxygen atoms in total. The van der Waals surface area contributed by atoms with Crippen LogP contribution in [0.5, 0.6) is 5.88 Å². The second-order valence-corrected chi connectivity index (χ2v) is 3.60. The van der Waals surface area contributed by atoms with Gasteiger partial charge >= 0.3 is 0 Å². The Morgan fingerprint density at radius 2 is 2.46 bits per heavy atom. The number of hydrogen-bond acceptors (Lipinski definition) is 3. The number of halogens is 1. The van der Waals surface area contributed by atoms with Gasteiger partial charge < -0.3 is 10.1 Å². The number of carbonyl (C=O) groups is 1. The Hall–Kier alpha value is -1.10. The molecule has 1 N–H and O–H groups in total. The molecule has 0 saturated carbocycles. The van der Waals surface area contributed by atoms with Crippen molar-refractivity contribution >= 4 is 27.5 Å². The fourth-order valence-corrected chi connectivity index (χ4v) is 1.40. The lowest BCUT2D eigenvalue weighted by molar-refractivity contribution is -0.118. The van der Waals surface area contributed by atoms with E-state index in [1.54, 1.807) is 6.07 Å². The van der Waals surface area contributed by atoms with Gasteiger partial charge in [0, 0.05) is 4.47 Å². The monoisotopic (exact) mass is 242 g/mol. The highest BCUT2D eigenvalue weighted by molar-refractivity contribution is 9.10. The first-order valence-corrected chi connectivity index (χ1v) is 4.56. The highest BCUT2D eigenvalue weighted by Crippen LogP contribution is 2.29. The van der Waals surface area contributed by atoms with Crippen molar-refractivity contribution in [3.63, 3.8) is 0 Å². The third-order valence-electron chi connectivity index (χ3n) is 1.73. The summed E-state index contributed by atoms with van der Waals surface area (Å²) in [6.45, 7) is 1.91. The summed E-state index contributed by atoms with van der Waals surface area (Å²) in [5.74, 6) is 0.338.